The van der Waals surface area contributed by atoms with Crippen LogP contribution in [0.5, 0.6) is 0 Å². The molecule has 4 atom stereocenters. The molecule has 0 saturated carbocycles. The Balaban J connectivity index is 2.22. The Labute approximate surface area is 111 Å². The fourth-order valence-corrected chi connectivity index (χ4v) is 3.49. The Morgan fingerprint density at radius 3 is 2.72 bits per heavy atom. The summed E-state index contributed by atoms with van der Waals surface area (Å²) >= 11 is 0. The summed E-state index contributed by atoms with van der Waals surface area (Å²) in [5, 5.41) is 0. The van der Waals surface area contributed by atoms with Gasteiger partial charge in [-0.05, 0) is 25.7 Å². The standard InChI is InChI=1S/C14H28N2O2/c1-4-13-9-18-12(3)7-16(13)14(10-15)5-6-17-8-11(14)2/h11-13H,4-10,15H2,1-3H3. The van der Waals surface area contributed by atoms with Crippen molar-refractivity contribution in [2.45, 2.75) is 51.3 Å². The van der Waals surface area contributed by atoms with Crippen LogP contribution in [0.4, 0.5) is 0 Å². The topological polar surface area (TPSA) is 47.7 Å². The second kappa shape index (κ2) is 5.87. The average molecular weight is 256 g/mol. The fraction of sp³-hybridized carbons (Fsp3) is 1.00. The Morgan fingerprint density at radius 1 is 1.33 bits per heavy atom. The van der Waals surface area contributed by atoms with Gasteiger partial charge in [-0.25, -0.2) is 0 Å². The lowest BCUT2D eigenvalue weighted by atomic mass is 9.78. The minimum Gasteiger partial charge on any atom is -0.381 e. The molecule has 2 aliphatic rings. The molecular formula is C14H28N2O2. The minimum absolute atomic E-state index is 0.108. The van der Waals surface area contributed by atoms with Gasteiger partial charge in [-0.1, -0.05) is 13.8 Å². The molecule has 2 heterocycles. The highest BCUT2D eigenvalue weighted by Crippen LogP contribution is 2.36. The number of hydrogen-bond donors (Lipinski definition) is 1. The van der Waals surface area contributed by atoms with Crippen molar-refractivity contribution >= 4 is 0 Å². The third-order valence-corrected chi connectivity index (χ3v) is 4.83. The summed E-state index contributed by atoms with van der Waals surface area (Å²) in [4.78, 5) is 2.63. The van der Waals surface area contributed by atoms with Crippen LogP contribution in [0, 0.1) is 5.92 Å². The van der Waals surface area contributed by atoms with Gasteiger partial charge >= 0.3 is 0 Å². The maximum absolute atomic E-state index is 6.18. The second-order valence-electron chi connectivity index (χ2n) is 5.89. The Morgan fingerprint density at radius 2 is 2.11 bits per heavy atom. The van der Waals surface area contributed by atoms with E-state index in [0.29, 0.717) is 18.1 Å². The van der Waals surface area contributed by atoms with Crippen molar-refractivity contribution in [2.24, 2.45) is 11.7 Å². The van der Waals surface area contributed by atoms with E-state index in [1.165, 1.54) is 0 Å². The Bertz CT molecular complexity index is 275. The smallest absolute Gasteiger partial charge is 0.0675 e. The van der Waals surface area contributed by atoms with Crippen LogP contribution < -0.4 is 5.73 Å². The summed E-state index contributed by atoms with van der Waals surface area (Å²) in [5.41, 5.74) is 6.29. The summed E-state index contributed by atoms with van der Waals surface area (Å²) in [6, 6.07) is 0.505. The van der Waals surface area contributed by atoms with E-state index in [1.807, 2.05) is 0 Å². The number of morpholine rings is 1. The molecule has 4 unspecified atom stereocenters. The van der Waals surface area contributed by atoms with Crippen LogP contribution in [0.3, 0.4) is 0 Å². The third-order valence-electron chi connectivity index (χ3n) is 4.83. The van der Waals surface area contributed by atoms with Crippen molar-refractivity contribution in [3.8, 4) is 0 Å². The lowest BCUT2D eigenvalue weighted by molar-refractivity contribution is -0.143. The van der Waals surface area contributed by atoms with E-state index in [2.05, 4.69) is 25.7 Å². The highest BCUT2D eigenvalue weighted by atomic mass is 16.5. The van der Waals surface area contributed by atoms with Crippen molar-refractivity contribution in [3.05, 3.63) is 0 Å². The molecule has 0 radical (unpaired) electrons. The van der Waals surface area contributed by atoms with Gasteiger partial charge in [-0.15, -0.1) is 0 Å². The molecule has 2 N–H and O–H groups in total. The first-order valence-corrected chi connectivity index (χ1v) is 7.30. The lowest BCUT2D eigenvalue weighted by Crippen LogP contribution is -2.67. The van der Waals surface area contributed by atoms with Gasteiger partial charge in [0.2, 0.25) is 0 Å². The van der Waals surface area contributed by atoms with Gasteiger partial charge < -0.3 is 15.2 Å². The van der Waals surface area contributed by atoms with Crippen LogP contribution in [-0.2, 0) is 9.47 Å². The summed E-state index contributed by atoms with van der Waals surface area (Å²) in [6.45, 7) is 10.9. The molecule has 2 fully saturated rings. The third kappa shape index (κ3) is 2.44. The second-order valence-corrected chi connectivity index (χ2v) is 5.89. The van der Waals surface area contributed by atoms with Crippen LogP contribution >= 0.6 is 0 Å². The zero-order chi connectivity index (χ0) is 13.2. The molecule has 0 spiro atoms. The number of hydrogen-bond acceptors (Lipinski definition) is 4. The molecule has 106 valence electrons. The first kappa shape index (κ1) is 14.3. The zero-order valence-corrected chi connectivity index (χ0v) is 12.0. The Hall–Kier alpha value is -0.160. The molecular weight excluding hydrogens is 228 g/mol. The van der Waals surface area contributed by atoms with Crippen LogP contribution in [-0.4, -0.2) is 55.5 Å². The summed E-state index contributed by atoms with van der Waals surface area (Å²) in [7, 11) is 0. The quantitative estimate of drug-likeness (QED) is 0.825. The first-order valence-electron chi connectivity index (χ1n) is 7.30. The van der Waals surface area contributed by atoms with Gasteiger partial charge in [0, 0.05) is 31.3 Å². The van der Waals surface area contributed by atoms with Crippen LogP contribution in [0.1, 0.15) is 33.6 Å². The van der Waals surface area contributed by atoms with E-state index < -0.39 is 0 Å². The van der Waals surface area contributed by atoms with E-state index in [4.69, 9.17) is 15.2 Å². The first-order chi connectivity index (χ1) is 8.64. The largest absolute Gasteiger partial charge is 0.381 e. The number of nitrogens with zero attached hydrogens (tertiary/aromatic N) is 1. The van der Waals surface area contributed by atoms with Gasteiger partial charge in [0.15, 0.2) is 0 Å². The van der Waals surface area contributed by atoms with E-state index in [-0.39, 0.29) is 5.54 Å². The van der Waals surface area contributed by atoms with Gasteiger partial charge in [-0.3, -0.25) is 4.90 Å². The zero-order valence-electron chi connectivity index (χ0n) is 12.0. The predicted octanol–water partition coefficient (Wildman–Crippen LogP) is 1.24. The van der Waals surface area contributed by atoms with Gasteiger partial charge in [-0.2, -0.15) is 0 Å². The molecule has 2 aliphatic heterocycles. The summed E-state index contributed by atoms with van der Waals surface area (Å²) < 4.78 is 11.4. The van der Waals surface area contributed by atoms with Crippen molar-refractivity contribution in [1.29, 1.82) is 0 Å². The maximum Gasteiger partial charge on any atom is 0.0675 e. The van der Waals surface area contributed by atoms with Gasteiger partial charge in [0.25, 0.3) is 0 Å². The number of nitrogens with two attached hydrogens (primary N) is 1. The molecule has 2 rings (SSSR count). The summed E-state index contributed by atoms with van der Waals surface area (Å²) in [6.07, 6.45) is 2.49. The van der Waals surface area contributed by atoms with E-state index in [9.17, 15) is 0 Å². The Kier molecular flexibility index (Phi) is 4.64. The van der Waals surface area contributed by atoms with Crippen LogP contribution in [0.25, 0.3) is 0 Å². The number of rotatable bonds is 3. The summed E-state index contributed by atoms with van der Waals surface area (Å²) in [5.74, 6) is 0.496. The van der Waals surface area contributed by atoms with Crippen molar-refractivity contribution in [2.75, 3.05) is 32.9 Å². The predicted molar refractivity (Wildman–Crippen MR) is 72.6 cm³/mol. The molecule has 0 aliphatic carbocycles. The van der Waals surface area contributed by atoms with E-state index in [0.717, 1.165) is 45.8 Å². The molecule has 0 bridgehead atoms. The van der Waals surface area contributed by atoms with Gasteiger partial charge in [0.1, 0.15) is 0 Å². The van der Waals surface area contributed by atoms with E-state index in [1.54, 1.807) is 0 Å². The lowest BCUT2D eigenvalue weighted by Gasteiger charge is -2.55. The fourth-order valence-electron chi connectivity index (χ4n) is 3.49. The number of ether oxygens (including phenoxy) is 2. The van der Waals surface area contributed by atoms with Crippen LogP contribution in [0.15, 0.2) is 0 Å². The monoisotopic (exact) mass is 256 g/mol. The SMILES string of the molecule is CCC1COC(C)CN1C1(CN)CCOCC1C. The van der Waals surface area contributed by atoms with Crippen LogP contribution in [0.2, 0.25) is 0 Å². The highest BCUT2D eigenvalue weighted by molar-refractivity contribution is 5.01. The normalized spacial score (nSPS) is 43.0. The minimum atomic E-state index is 0.108. The maximum atomic E-state index is 6.18. The van der Waals surface area contributed by atoms with Crippen molar-refractivity contribution in [3.63, 3.8) is 0 Å². The molecule has 0 aromatic carbocycles. The molecule has 18 heavy (non-hydrogen) atoms. The van der Waals surface area contributed by atoms with Crippen molar-refractivity contribution < 1.29 is 9.47 Å². The van der Waals surface area contributed by atoms with Crippen molar-refractivity contribution in [1.82, 2.24) is 4.90 Å². The van der Waals surface area contributed by atoms with Gasteiger partial charge in [0.05, 0.1) is 19.3 Å². The molecule has 0 amide bonds. The molecule has 2 saturated heterocycles. The average Bonchev–Trinajstić information content (AvgIpc) is 2.39. The molecule has 0 aromatic rings. The molecule has 0 aromatic heterocycles. The highest BCUT2D eigenvalue weighted by Gasteiger charge is 2.46. The molecule has 4 nitrogen and oxygen atoms in total. The van der Waals surface area contributed by atoms with E-state index >= 15 is 0 Å². The molecule has 4 heteroatoms.